The van der Waals surface area contributed by atoms with Crippen molar-refractivity contribution in [1.29, 1.82) is 0 Å². The van der Waals surface area contributed by atoms with E-state index in [1.54, 1.807) is 4.90 Å². The van der Waals surface area contributed by atoms with Crippen molar-refractivity contribution in [3.63, 3.8) is 0 Å². The molecule has 2 unspecified atom stereocenters. The molecule has 8 heteroatoms. The van der Waals surface area contributed by atoms with Gasteiger partial charge in [-0.3, -0.25) is 9.59 Å². The van der Waals surface area contributed by atoms with Crippen LogP contribution in [0.25, 0.3) is 11.1 Å². The van der Waals surface area contributed by atoms with Crippen molar-refractivity contribution in [3.8, 4) is 11.1 Å². The first kappa shape index (κ1) is 22.8. The molecule has 1 aliphatic carbocycles. The van der Waals surface area contributed by atoms with Crippen molar-refractivity contribution in [3.05, 3.63) is 59.7 Å². The van der Waals surface area contributed by atoms with Gasteiger partial charge in [0.2, 0.25) is 5.91 Å². The fraction of sp³-hybridized carbons (Fsp3) is 0.400. The number of hydrogen-bond acceptors (Lipinski definition) is 5. The lowest BCUT2D eigenvalue weighted by molar-refractivity contribution is -0.142. The number of carboxylic acid groups (broad SMARTS) is 1. The van der Waals surface area contributed by atoms with Crippen molar-refractivity contribution >= 4 is 18.0 Å². The molecular weight excluding hydrogens is 424 g/mol. The molecule has 4 rings (SSSR count). The monoisotopic (exact) mass is 452 g/mol. The number of aliphatic carboxylic acids is 1. The Labute approximate surface area is 192 Å². The maximum Gasteiger partial charge on any atom is 0.407 e. The van der Waals surface area contributed by atoms with E-state index in [-0.39, 0.29) is 37.3 Å². The van der Waals surface area contributed by atoms with Crippen LogP contribution in [0.3, 0.4) is 0 Å². The number of carboxylic acids is 1. The third-order valence-corrected chi connectivity index (χ3v) is 6.23. The van der Waals surface area contributed by atoms with Crippen molar-refractivity contribution in [2.24, 2.45) is 0 Å². The zero-order chi connectivity index (χ0) is 23.4. The molecule has 0 radical (unpaired) electrons. The Bertz CT molecular complexity index is 994. The second kappa shape index (κ2) is 10.0. The molecule has 33 heavy (non-hydrogen) atoms. The standard InChI is InChI=1S/C25H28N2O6/c1-16-14-32-13-12-27(16)24(30)22(10-11-23(28)29)26-25(31)33-15-21-19-8-4-2-6-17(19)18-7-3-5-9-20(18)21/h2-9,16,21-22H,10-15H2,1H3,(H,26,31)(H,28,29). The Morgan fingerprint density at radius 2 is 1.76 bits per heavy atom. The highest BCUT2D eigenvalue weighted by Crippen LogP contribution is 2.44. The third-order valence-electron chi connectivity index (χ3n) is 6.23. The maximum atomic E-state index is 13.1. The summed E-state index contributed by atoms with van der Waals surface area (Å²) in [4.78, 5) is 38.4. The lowest BCUT2D eigenvalue weighted by Gasteiger charge is -2.35. The molecule has 2 aliphatic rings. The number of carbonyl (C=O) groups excluding carboxylic acids is 2. The molecule has 174 valence electrons. The predicted octanol–water partition coefficient (Wildman–Crippen LogP) is 3.01. The highest BCUT2D eigenvalue weighted by atomic mass is 16.5. The van der Waals surface area contributed by atoms with Gasteiger partial charge in [-0.2, -0.15) is 0 Å². The largest absolute Gasteiger partial charge is 0.481 e. The van der Waals surface area contributed by atoms with Gasteiger partial charge in [-0.25, -0.2) is 4.79 Å². The molecule has 2 aromatic rings. The highest BCUT2D eigenvalue weighted by molar-refractivity contribution is 5.86. The van der Waals surface area contributed by atoms with E-state index in [4.69, 9.17) is 14.6 Å². The number of rotatable bonds is 7. The van der Waals surface area contributed by atoms with Crippen LogP contribution in [0.2, 0.25) is 0 Å². The normalized spacial score (nSPS) is 18.2. The number of morpholine rings is 1. The van der Waals surface area contributed by atoms with Gasteiger partial charge in [0.15, 0.2) is 0 Å². The second-order valence-electron chi connectivity index (χ2n) is 8.41. The number of hydrogen-bond donors (Lipinski definition) is 2. The molecule has 2 atom stereocenters. The molecule has 0 aromatic heterocycles. The number of amides is 2. The Hall–Kier alpha value is -3.39. The molecule has 2 amide bonds. The molecule has 1 heterocycles. The van der Waals surface area contributed by atoms with Gasteiger partial charge in [-0.15, -0.1) is 0 Å². The average Bonchev–Trinajstić information content (AvgIpc) is 3.14. The Kier molecular flexibility index (Phi) is 6.93. The van der Waals surface area contributed by atoms with E-state index in [0.29, 0.717) is 19.8 Å². The number of ether oxygens (including phenoxy) is 2. The summed E-state index contributed by atoms with van der Waals surface area (Å²) >= 11 is 0. The SMILES string of the molecule is CC1COCCN1C(=O)C(CCC(=O)O)NC(=O)OCC1c2ccccc2-c2ccccc21. The van der Waals surface area contributed by atoms with Gasteiger partial charge in [0.1, 0.15) is 12.6 Å². The van der Waals surface area contributed by atoms with Crippen LogP contribution in [-0.4, -0.2) is 66.4 Å². The Balaban J connectivity index is 1.43. The number of nitrogens with zero attached hydrogens (tertiary/aromatic N) is 1. The lowest BCUT2D eigenvalue weighted by Crippen LogP contribution is -2.55. The van der Waals surface area contributed by atoms with E-state index in [0.717, 1.165) is 22.3 Å². The van der Waals surface area contributed by atoms with Gasteiger partial charge in [-0.1, -0.05) is 48.5 Å². The minimum absolute atomic E-state index is 0.0115. The summed E-state index contributed by atoms with van der Waals surface area (Å²) in [7, 11) is 0. The summed E-state index contributed by atoms with van der Waals surface area (Å²) in [5.74, 6) is -1.45. The number of fused-ring (bicyclic) bond motifs is 3. The second-order valence-corrected chi connectivity index (χ2v) is 8.41. The Morgan fingerprint density at radius 3 is 2.36 bits per heavy atom. The topological polar surface area (TPSA) is 105 Å². The third kappa shape index (κ3) is 5.01. The minimum Gasteiger partial charge on any atom is -0.481 e. The summed E-state index contributed by atoms with van der Waals surface area (Å²) in [5.41, 5.74) is 4.43. The van der Waals surface area contributed by atoms with Crippen LogP contribution in [0.5, 0.6) is 0 Å². The van der Waals surface area contributed by atoms with Crippen LogP contribution >= 0.6 is 0 Å². The van der Waals surface area contributed by atoms with Gasteiger partial charge in [0.25, 0.3) is 0 Å². The number of carbonyl (C=O) groups is 3. The quantitative estimate of drug-likeness (QED) is 0.669. The summed E-state index contributed by atoms with van der Waals surface area (Å²) in [6.07, 6.45) is -0.983. The molecule has 1 saturated heterocycles. The first-order valence-corrected chi connectivity index (χ1v) is 11.2. The fourth-order valence-electron chi connectivity index (χ4n) is 4.56. The maximum absolute atomic E-state index is 13.1. The van der Waals surface area contributed by atoms with E-state index < -0.39 is 18.1 Å². The number of alkyl carbamates (subject to hydrolysis) is 1. The molecule has 2 N–H and O–H groups in total. The molecule has 0 saturated carbocycles. The van der Waals surface area contributed by atoms with Gasteiger partial charge in [-0.05, 0) is 35.6 Å². The van der Waals surface area contributed by atoms with Gasteiger partial charge >= 0.3 is 12.1 Å². The number of nitrogens with one attached hydrogen (secondary N) is 1. The summed E-state index contributed by atoms with van der Waals surface area (Å²) in [6.45, 7) is 3.19. The van der Waals surface area contributed by atoms with E-state index in [9.17, 15) is 14.4 Å². The molecule has 8 nitrogen and oxygen atoms in total. The van der Waals surface area contributed by atoms with Crippen LogP contribution in [0.1, 0.15) is 36.8 Å². The fourth-order valence-corrected chi connectivity index (χ4v) is 4.56. The van der Waals surface area contributed by atoms with E-state index in [1.165, 1.54) is 0 Å². The zero-order valence-electron chi connectivity index (χ0n) is 18.5. The highest BCUT2D eigenvalue weighted by Gasteiger charge is 2.33. The summed E-state index contributed by atoms with van der Waals surface area (Å²) < 4.78 is 10.9. The van der Waals surface area contributed by atoms with Crippen molar-refractivity contribution < 1.29 is 29.0 Å². The molecule has 0 spiro atoms. The lowest BCUT2D eigenvalue weighted by atomic mass is 9.98. The van der Waals surface area contributed by atoms with Crippen molar-refractivity contribution in [1.82, 2.24) is 10.2 Å². The average molecular weight is 453 g/mol. The predicted molar refractivity (Wildman–Crippen MR) is 121 cm³/mol. The molecule has 2 aromatic carbocycles. The van der Waals surface area contributed by atoms with Crippen molar-refractivity contribution in [2.75, 3.05) is 26.4 Å². The van der Waals surface area contributed by atoms with Crippen LogP contribution in [-0.2, 0) is 19.1 Å². The van der Waals surface area contributed by atoms with Gasteiger partial charge in [0, 0.05) is 18.9 Å². The Morgan fingerprint density at radius 1 is 1.12 bits per heavy atom. The zero-order valence-corrected chi connectivity index (χ0v) is 18.5. The molecule has 1 fully saturated rings. The smallest absolute Gasteiger partial charge is 0.407 e. The van der Waals surface area contributed by atoms with Crippen molar-refractivity contribution in [2.45, 2.75) is 37.8 Å². The van der Waals surface area contributed by atoms with E-state index in [2.05, 4.69) is 17.4 Å². The van der Waals surface area contributed by atoms with Gasteiger partial charge in [0.05, 0.1) is 19.3 Å². The van der Waals surface area contributed by atoms with Crippen LogP contribution < -0.4 is 5.32 Å². The first-order valence-electron chi connectivity index (χ1n) is 11.2. The molecule has 1 aliphatic heterocycles. The summed E-state index contributed by atoms with van der Waals surface area (Å²) in [6, 6.07) is 14.9. The van der Waals surface area contributed by atoms with Crippen LogP contribution in [0.15, 0.2) is 48.5 Å². The number of benzene rings is 2. The molecular formula is C25H28N2O6. The first-order chi connectivity index (χ1) is 16.0. The minimum atomic E-state index is -1.03. The molecule has 0 bridgehead atoms. The van der Waals surface area contributed by atoms with E-state index in [1.807, 2.05) is 43.3 Å². The summed E-state index contributed by atoms with van der Waals surface area (Å²) in [5, 5.41) is 11.7. The van der Waals surface area contributed by atoms with Crippen LogP contribution in [0.4, 0.5) is 4.79 Å². The van der Waals surface area contributed by atoms with E-state index >= 15 is 0 Å². The van der Waals surface area contributed by atoms with Gasteiger partial charge < -0.3 is 24.8 Å². The van der Waals surface area contributed by atoms with Crippen LogP contribution in [0, 0.1) is 0 Å².